The van der Waals surface area contributed by atoms with Crippen LogP contribution >= 0.6 is 0 Å². The smallest absolute Gasteiger partial charge is 0.196 e. The van der Waals surface area contributed by atoms with Gasteiger partial charge >= 0.3 is 0 Å². The summed E-state index contributed by atoms with van der Waals surface area (Å²) in [4.78, 5) is 4.71. The minimum atomic E-state index is 0.157. The Balaban J connectivity index is 1.90. The van der Waals surface area contributed by atoms with Crippen molar-refractivity contribution in [3.8, 4) is 5.75 Å². The summed E-state index contributed by atoms with van der Waals surface area (Å²) in [6, 6.07) is 18.1. The van der Waals surface area contributed by atoms with Gasteiger partial charge in [-0.2, -0.15) is 0 Å². The number of hydrogen-bond donors (Lipinski definition) is 2. The van der Waals surface area contributed by atoms with E-state index in [1.54, 1.807) is 7.11 Å². The minimum absolute atomic E-state index is 0.157. The molecule has 0 amide bonds. The molecule has 29 heavy (non-hydrogen) atoms. The zero-order valence-electron chi connectivity index (χ0n) is 17.7. The lowest BCUT2D eigenvalue weighted by Crippen LogP contribution is -2.32. The van der Waals surface area contributed by atoms with Crippen LogP contribution in [0.1, 0.15) is 25.8 Å². The lowest BCUT2D eigenvalue weighted by atomic mass is 10.2. The Hall–Kier alpha value is -2.57. The second-order valence-electron chi connectivity index (χ2n) is 6.85. The number of benzene rings is 2. The number of anilines is 1. The van der Waals surface area contributed by atoms with Crippen molar-refractivity contribution in [1.82, 2.24) is 5.32 Å². The van der Waals surface area contributed by atoms with E-state index in [9.17, 15) is 0 Å². The number of nitrogens with zero attached hydrogens (tertiary/aromatic N) is 1. The van der Waals surface area contributed by atoms with Crippen LogP contribution in [-0.2, 0) is 16.0 Å². The van der Waals surface area contributed by atoms with Crippen molar-refractivity contribution in [3.05, 3.63) is 60.2 Å². The molecule has 2 N–H and O–H groups in total. The van der Waals surface area contributed by atoms with Crippen molar-refractivity contribution in [1.29, 1.82) is 0 Å². The maximum Gasteiger partial charge on any atom is 0.196 e. The molecule has 0 saturated heterocycles. The van der Waals surface area contributed by atoms with Crippen LogP contribution in [0.4, 0.5) is 5.69 Å². The summed E-state index contributed by atoms with van der Waals surface area (Å²) in [5.74, 6) is 1.60. The van der Waals surface area contributed by atoms with E-state index < -0.39 is 0 Å². The number of guanidine groups is 1. The van der Waals surface area contributed by atoms with Gasteiger partial charge in [0.15, 0.2) is 5.96 Å². The van der Waals surface area contributed by atoms with Gasteiger partial charge in [-0.25, -0.2) is 4.99 Å². The van der Waals surface area contributed by atoms with Gasteiger partial charge in [-0.1, -0.05) is 30.3 Å². The lowest BCUT2D eigenvalue weighted by molar-refractivity contribution is 0.0699. The second kappa shape index (κ2) is 13.6. The third-order valence-electron chi connectivity index (χ3n) is 3.94. The fourth-order valence-corrected chi connectivity index (χ4v) is 2.54. The van der Waals surface area contributed by atoms with Crippen LogP contribution in [0.5, 0.6) is 5.75 Å². The van der Waals surface area contributed by atoms with Gasteiger partial charge in [0, 0.05) is 25.9 Å². The third-order valence-corrected chi connectivity index (χ3v) is 3.94. The third kappa shape index (κ3) is 9.96. The highest BCUT2D eigenvalue weighted by atomic mass is 16.5. The molecular formula is C23H33N3O3. The monoisotopic (exact) mass is 399 g/mol. The standard InChI is InChI=1S/C23H33N3O3/c1-19(2)29-22-12-10-21(11-13-22)26-23(24-14-7-15-28-17-16-27-3)25-18-20-8-5-4-6-9-20/h4-6,8-13,19H,7,14-18H2,1-3H3,(H2,24,25,26). The molecule has 0 heterocycles. The lowest BCUT2D eigenvalue weighted by Gasteiger charge is -2.14. The largest absolute Gasteiger partial charge is 0.491 e. The second-order valence-corrected chi connectivity index (χ2v) is 6.85. The topological polar surface area (TPSA) is 64.1 Å². The molecule has 0 aromatic heterocycles. The van der Waals surface area contributed by atoms with Gasteiger partial charge in [0.2, 0.25) is 0 Å². The predicted octanol–water partition coefficient (Wildman–Crippen LogP) is 4.08. The quantitative estimate of drug-likeness (QED) is 0.320. The maximum absolute atomic E-state index is 5.70. The van der Waals surface area contributed by atoms with Crippen LogP contribution in [-0.4, -0.2) is 45.5 Å². The molecular weight excluding hydrogens is 366 g/mol. The summed E-state index contributed by atoms with van der Waals surface area (Å²) < 4.78 is 16.2. The van der Waals surface area contributed by atoms with Gasteiger partial charge in [-0.15, -0.1) is 0 Å². The first-order valence-corrected chi connectivity index (χ1v) is 10.1. The van der Waals surface area contributed by atoms with E-state index in [2.05, 4.69) is 22.8 Å². The van der Waals surface area contributed by atoms with Gasteiger partial charge < -0.3 is 24.8 Å². The Bertz CT molecular complexity index is 703. The van der Waals surface area contributed by atoms with Crippen molar-refractivity contribution < 1.29 is 14.2 Å². The van der Waals surface area contributed by atoms with Crippen molar-refractivity contribution in [2.75, 3.05) is 38.8 Å². The fraction of sp³-hybridized carbons (Fsp3) is 0.435. The van der Waals surface area contributed by atoms with E-state index in [1.165, 1.54) is 0 Å². The van der Waals surface area contributed by atoms with E-state index in [4.69, 9.17) is 19.2 Å². The Kier molecular flexibility index (Phi) is 10.6. The summed E-state index contributed by atoms with van der Waals surface area (Å²) in [5.41, 5.74) is 2.12. The molecule has 0 spiro atoms. The molecule has 0 aliphatic carbocycles. The van der Waals surface area contributed by atoms with Crippen molar-refractivity contribution in [2.45, 2.75) is 32.9 Å². The summed E-state index contributed by atoms with van der Waals surface area (Å²) in [7, 11) is 1.67. The molecule has 0 atom stereocenters. The average molecular weight is 400 g/mol. The summed E-state index contributed by atoms with van der Waals surface area (Å²) in [6.07, 6.45) is 1.04. The van der Waals surface area contributed by atoms with Crippen LogP contribution in [0.2, 0.25) is 0 Å². The highest BCUT2D eigenvalue weighted by molar-refractivity contribution is 5.93. The van der Waals surface area contributed by atoms with Crippen LogP contribution in [0, 0.1) is 0 Å². The highest BCUT2D eigenvalue weighted by Gasteiger charge is 2.03. The maximum atomic E-state index is 5.70. The van der Waals surface area contributed by atoms with Crippen LogP contribution < -0.4 is 15.4 Å². The van der Waals surface area contributed by atoms with Gasteiger partial charge in [0.05, 0.1) is 25.9 Å². The molecule has 2 rings (SSSR count). The summed E-state index contributed by atoms with van der Waals surface area (Å²) >= 11 is 0. The van der Waals surface area contributed by atoms with E-state index in [1.807, 2.05) is 56.3 Å². The summed E-state index contributed by atoms with van der Waals surface area (Å²) in [6.45, 7) is 7.33. The van der Waals surface area contributed by atoms with E-state index in [0.717, 1.165) is 35.9 Å². The normalized spacial score (nSPS) is 11.5. The predicted molar refractivity (Wildman–Crippen MR) is 119 cm³/mol. The number of ether oxygens (including phenoxy) is 3. The molecule has 0 aliphatic rings. The zero-order valence-corrected chi connectivity index (χ0v) is 17.7. The Morgan fingerprint density at radius 2 is 1.72 bits per heavy atom. The van der Waals surface area contributed by atoms with E-state index in [0.29, 0.717) is 26.4 Å². The highest BCUT2D eigenvalue weighted by Crippen LogP contribution is 2.17. The molecule has 0 saturated carbocycles. The SMILES string of the molecule is COCCOCCCNC(=NCc1ccccc1)Nc1ccc(OC(C)C)cc1. The number of hydrogen-bond acceptors (Lipinski definition) is 4. The average Bonchev–Trinajstić information content (AvgIpc) is 2.73. The molecule has 2 aromatic rings. The van der Waals surface area contributed by atoms with Crippen LogP contribution in [0.15, 0.2) is 59.6 Å². The number of methoxy groups -OCH3 is 1. The van der Waals surface area contributed by atoms with Gasteiger partial charge in [-0.05, 0) is 50.1 Å². The Morgan fingerprint density at radius 3 is 2.41 bits per heavy atom. The van der Waals surface area contributed by atoms with Crippen molar-refractivity contribution >= 4 is 11.6 Å². The summed E-state index contributed by atoms with van der Waals surface area (Å²) in [5, 5.41) is 6.74. The van der Waals surface area contributed by atoms with Crippen LogP contribution in [0.3, 0.4) is 0 Å². The van der Waals surface area contributed by atoms with Crippen LogP contribution in [0.25, 0.3) is 0 Å². The van der Waals surface area contributed by atoms with Crippen molar-refractivity contribution in [2.24, 2.45) is 4.99 Å². The number of nitrogens with one attached hydrogen (secondary N) is 2. The first-order chi connectivity index (χ1) is 14.2. The Morgan fingerprint density at radius 1 is 0.966 bits per heavy atom. The molecule has 0 bridgehead atoms. The van der Waals surface area contributed by atoms with Gasteiger partial charge in [-0.3, -0.25) is 0 Å². The van der Waals surface area contributed by atoms with Gasteiger partial charge in [0.1, 0.15) is 5.75 Å². The molecule has 6 heteroatoms. The number of aliphatic imine (C=N–C) groups is 1. The zero-order chi connectivity index (χ0) is 20.7. The molecule has 6 nitrogen and oxygen atoms in total. The van der Waals surface area contributed by atoms with E-state index >= 15 is 0 Å². The molecule has 0 fully saturated rings. The molecule has 0 aliphatic heterocycles. The molecule has 2 aromatic carbocycles. The number of rotatable bonds is 12. The van der Waals surface area contributed by atoms with Gasteiger partial charge in [0.25, 0.3) is 0 Å². The van der Waals surface area contributed by atoms with Crippen molar-refractivity contribution in [3.63, 3.8) is 0 Å². The fourth-order valence-electron chi connectivity index (χ4n) is 2.54. The minimum Gasteiger partial charge on any atom is -0.491 e. The first-order valence-electron chi connectivity index (χ1n) is 10.1. The first kappa shape index (κ1) is 22.7. The molecule has 0 radical (unpaired) electrons. The van der Waals surface area contributed by atoms with E-state index in [-0.39, 0.29) is 6.10 Å². The molecule has 0 unspecified atom stereocenters. The molecule has 158 valence electrons. The Labute approximate surface area is 174 Å².